The third-order valence-electron chi connectivity index (χ3n) is 4.12. The second-order valence-corrected chi connectivity index (χ2v) is 8.40. The lowest BCUT2D eigenvalue weighted by Gasteiger charge is -2.35. The molecule has 25 heavy (non-hydrogen) atoms. The molecule has 0 amide bonds. The number of hydrogen-bond acceptors (Lipinski definition) is 5. The zero-order valence-electron chi connectivity index (χ0n) is 15.3. The van der Waals surface area contributed by atoms with Gasteiger partial charge < -0.3 is 9.64 Å². The van der Waals surface area contributed by atoms with Gasteiger partial charge in [-0.05, 0) is 39.2 Å². The molecule has 134 valence electrons. The number of anilines is 1. The molecular formula is C20H27N3OS. The molecule has 0 saturated carbocycles. The van der Waals surface area contributed by atoms with Gasteiger partial charge in [0, 0.05) is 18.8 Å². The van der Waals surface area contributed by atoms with Crippen molar-refractivity contribution in [1.29, 1.82) is 0 Å². The average molecular weight is 358 g/mol. The molecule has 0 aliphatic carbocycles. The van der Waals surface area contributed by atoms with Crippen LogP contribution in [0.15, 0.2) is 47.8 Å². The first-order chi connectivity index (χ1) is 12.0. The molecule has 1 saturated heterocycles. The van der Waals surface area contributed by atoms with Crippen LogP contribution in [0.3, 0.4) is 0 Å². The smallest absolute Gasteiger partial charge is 0.148 e. The van der Waals surface area contributed by atoms with Crippen LogP contribution in [0, 0.1) is 0 Å². The highest BCUT2D eigenvalue weighted by atomic mass is 32.2. The lowest BCUT2D eigenvalue weighted by Crippen LogP contribution is -2.40. The molecule has 0 N–H and O–H groups in total. The Morgan fingerprint density at radius 2 is 1.84 bits per heavy atom. The Kier molecular flexibility index (Phi) is 5.97. The molecule has 0 bridgehead atoms. The van der Waals surface area contributed by atoms with E-state index in [-0.39, 0.29) is 5.60 Å². The maximum absolute atomic E-state index is 6.11. The van der Waals surface area contributed by atoms with Crippen LogP contribution in [-0.4, -0.2) is 34.8 Å². The van der Waals surface area contributed by atoms with Gasteiger partial charge in [0.25, 0.3) is 0 Å². The number of aromatic nitrogens is 2. The number of ether oxygens (including phenoxy) is 1. The minimum absolute atomic E-state index is 0.0688. The quantitative estimate of drug-likeness (QED) is 0.734. The number of nitrogens with zero attached hydrogens (tertiary/aromatic N) is 3. The number of rotatable bonds is 5. The summed E-state index contributed by atoms with van der Waals surface area (Å²) in [6, 6.07) is 10.5. The van der Waals surface area contributed by atoms with Gasteiger partial charge in [-0.15, -0.1) is 11.8 Å². The van der Waals surface area contributed by atoms with Gasteiger partial charge in [0.1, 0.15) is 10.8 Å². The summed E-state index contributed by atoms with van der Waals surface area (Å²) in [6.07, 6.45) is 6.16. The molecule has 0 spiro atoms. The third kappa shape index (κ3) is 5.72. The molecule has 5 heteroatoms. The van der Waals surface area contributed by atoms with Gasteiger partial charge in [-0.3, -0.25) is 4.98 Å². The second-order valence-electron chi connectivity index (χ2n) is 7.41. The van der Waals surface area contributed by atoms with Crippen molar-refractivity contribution >= 4 is 17.6 Å². The first kappa shape index (κ1) is 18.2. The van der Waals surface area contributed by atoms with Crippen LogP contribution >= 0.6 is 11.8 Å². The summed E-state index contributed by atoms with van der Waals surface area (Å²) in [5.41, 5.74) is 1.24. The predicted molar refractivity (Wildman–Crippen MR) is 104 cm³/mol. The van der Waals surface area contributed by atoms with Crippen LogP contribution in [0.1, 0.15) is 39.2 Å². The first-order valence-electron chi connectivity index (χ1n) is 8.91. The zero-order valence-corrected chi connectivity index (χ0v) is 16.1. The Balaban J connectivity index is 1.55. The van der Waals surface area contributed by atoms with Crippen LogP contribution in [0.25, 0.3) is 0 Å². The Hall–Kier alpha value is -1.59. The molecule has 0 atom stereocenters. The van der Waals surface area contributed by atoms with Gasteiger partial charge in [-0.2, -0.15) is 0 Å². The highest BCUT2D eigenvalue weighted by Gasteiger charge is 2.25. The van der Waals surface area contributed by atoms with Crippen LogP contribution in [-0.2, 0) is 10.5 Å². The summed E-state index contributed by atoms with van der Waals surface area (Å²) in [6.45, 7) is 8.32. The molecule has 2 heterocycles. The Morgan fingerprint density at radius 3 is 2.52 bits per heavy atom. The molecule has 1 aromatic heterocycles. The Bertz CT molecular complexity index is 664. The fourth-order valence-electron chi connectivity index (χ4n) is 2.99. The first-order valence-corrected chi connectivity index (χ1v) is 9.90. The largest absolute Gasteiger partial charge is 0.372 e. The summed E-state index contributed by atoms with van der Waals surface area (Å²) in [5, 5.41) is 0.981. The Morgan fingerprint density at radius 1 is 1.12 bits per heavy atom. The molecular weight excluding hydrogens is 330 g/mol. The van der Waals surface area contributed by atoms with Crippen molar-refractivity contribution in [3.63, 3.8) is 0 Å². The fraction of sp³-hybridized carbons (Fsp3) is 0.500. The molecule has 2 aromatic rings. The highest BCUT2D eigenvalue weighted by molar-refractivity contribution is 7.98. The number of thioether (sulfide) groups is 1. The molecule has 1 fully saturated rings. The van der Waals surface area contributed by atoms with Gasteiger partial charge >= 0.3 is 0 Å². The van der Waals surface area contributed by atoms with Crippen molar-refractivity contribution in [2.24, 2.45) is 0 Å². The van der Waals surface area contributed by atoms with E-state index in [1.54, 1.807) is 11.8 Å². The Labute approximate surface area is 155 Å². The minimum Gasteiger partial charge on any atom is -0.372 e. The summed E-state index contributed by atoms with van der Waals surface area (Å²) in [4.78, 5) is 11.5. The molecule has 3 rings (SSSR count). The van der Waals surface area contributed by atoms with E-state index in [9.17, 15) is 0 Å². The van der Waals surface area contributed by atoms with E-state index in [0.717, 1.165) is 42.5 Å². The maximum atomic E-state index is 6.11. The highest BCUT2D eigenvalue weighted by Crippen LogP contribution is 2.25. The predicted octanol–water partition coefficient (Wildman–Crippen LogP) is 4.55. The average Bonchev–Trinajstić information content (AvgIpc) is 2.60. The molecule has 1 aliphatic rings. The van der Waals surface area contributed by atoms with Crippen molar-refractivity contribution in [1.82, 2.24) is 9.97 Å². The summed E-state index contributed by atoms with van der Waals surface area (Å²) >= 11 is 1.74. The van der Waals surface area contributed by atoms with Gasteiger partial charge in [0.2, 0.25) is 0 Å². The molecule has 1 aliphatic heterocycles. The minimum atomic E-state index is -0.0688. The fourth-order valence-corrected chi connectivity index (χ4v) is 3.79. The second kappa shape index (κ2) is 8.19. The van der Waals surface area contributed by atoms with Gasteiger partial charge in [-0.1, -0.05) is 30.3 Å². The normalized spacial score (nSPS) is 16.2. The van der Waals surface area contributed by atoms with Crippen molar-refractivity contribution in [3.8, 4) is 0 Å². The molecule has 1 aromatic carbocycles. The van der Waals surface area contributed by atoms with Crippen LogP contribution in [0.2, 0.25) is 0 Å². The SMILES string of the molecule is CC(C)(C)OC1CCN(c2cncc(SCc3ccccc3)n2)CC1. The standard InChI is InChI=1S/C20H27N3OS/c1-20(2,3)24-17-9-11-23(12-10-17)18-13-21-14-19(22-18)25-15-16-7-5-4-6-8-16/h4-8,13-14,17H,9-12,15H2,1-3H3. The molecule has 0 radical (unpaired) electrons. The van der Waals surface area contributed by atoms with Gasteiger partial charge in [-0.25, -0.2) is 4.98 Å². The van der Waals surface area contributed by atoms with Crippen LogP contribution in [0.5, 0.6) is 0 Å². The van der Waals surface area contributed by atoms with E-state index in [2.05, 4.69) is 54.9 Å². The monoisotopic (exact) mass is 357 g/mol. The van der Waals surface area contributed by atoms with Crippen molar-refractivity contribution < 1.29 is 4.74 Å². The summed E-state index contributed by atoms with van der Waals surface area (Å²) in [7, 11) is 0. The molecule has 4 nitrogen and oxygen atoms in total. The lowest BCUT2D eigenvalue weighted by atomic mass is 10.1. The number of piperidine rings is 1. The van der Waals surface area contributed by atoms with Crippen LogP contribution < -0.4 is 4.90 Å². The maximum Gasteiger partial charge on any atom is 0.148 e. The third-order valence-corrected chi connectivity index (χ3v) is 5.09. The topological polar surface area (TPSA) is 38.2 Å². The van der Waals surface area contributed by atoms with E-state index in [4.69, 9.17) is 9.72 Å². The van der Waals surface area contributed by atoms with E-state index in [1.807, 2.05) is 18.5 Å². The summed E-state index contributed by atoms with van der Waals surface area (Å²) < 4.78 is 6.11. The zero-order chi connectivity index (χ0) is 17.7. The van der Waals surface area contributed by atoms with Gasteiger partial charge in [0.15, 0.2) is 0 Å². The molecule has 0 unspecified atom stereocenters. The van der Waals surface area contributed by atoms with E-state index >= 15 is 0 Å². The van der Waals surface area contributed by atoms with Crippen molar-refractivity contribution in [2.75, 3.05) is 18.0 Å². The summed E-state index contributed by atoms with van der Waals surface area (Å²) in [5.74, 6) is 1.90. The van der Waals surface area contributed by atoms with Gasteiger partial charge in [0.05, 0.1) is 24.1 Å². The van der Waals surface area contributed by atoms with E-state index < -0.39 is 0 Å². The van der Waals surface area contributed by atoms with E-state index in [1.165, 1.54) is 5.56 Å². The van der Waals surface area contributed by atoms with E-state index in [0.29, 0.717) is 6.10 Å². The van der Waals surface area contributed by atoms with Crippen LogP contribution in [0.4, 0.5) is 5.82 Å². The number of benzene rings is 1. The lowest BCUT2D eigenvalue weighted by molar-refractivity contribution is -0.0683. The van der Waals surface area contributed by atoms with Crippen molar-refractivity contribution in [3.05, 3.63) is 48.3 Å². The van der Waals surface area contributed by atoms with Crippen molar-refractivity contribution in [2.45, 2.75) is 56.1 Å². The number of hydrogen-bond donors (Lipinski definition) is 0.